The Bertz CT molecular complexity index is 1150. The first-order valence-electron chi connectivity index (χ1n) is 9.05. The smallest absolute Gasteiger partial charge is 0.244 e. The van der Waals surface area contributed by atoms with Gasteiger partial charge in [-0.15, -0.1) is 0 Å². The summed E-state index contributed by atoms with van der Waals surface area (Å²) in [5.41, 5.74) is 4.23. The summed E-state index contributed by atoms with van der Waals surface area (Å²) < 4.78 is 7.40. The molecule has 0 saturated heterocycles. The molecule has 0 atom stereocenters. The van der Waals surface area contributed by atoms with Gasteiger partial charge in [-0.1, -0.05) is 29.4 Å². The van der Waals surface area contributed by atoms with Gasteiger partial charge in [-0.25, -0.2) is 0 Å². The van der Waals surface area contributed by atoms with E-state index < -0.39 is 0 Å². The lowest BCUT2D eigenvalue weighted by Crippen LogP contribution is -2.19. The third-order valence-corrected chi connectivity index (χ3v) is 4.65. The zero-order valence-corrected chi connectivity index (χ0v) is 15.4. The van der Waals surface area contributed by atoms with Gasteiger partial charge in [0.25, 0.3) is 0 Å². The van der Waals surface area contributed by atoms with Crippen molar-refractivity contribution in [3.8, 4) is 0 Å². The van der Waals surface area contributed by atoms with Crippen LogP contribution in [0.25, 0.3) is 27.9 Å². The number of rotatable bonds is 5. The van der Waals surface area contributed by atoms with Crippen molar-refractivity contribution in [2.24, 2.45) is 0 Å². The van der Waals surface area contributed by atoms with E-state index in [0.717, 1.165) is 17.8 Å². The maximum absolute atomic E-state index is 12.1. The molecule has 0 aliphatic carbocycles. The maximum atomic E-state index is 12.1. The van der Waals surface area contributed by atoms with Gasteiger partial charge < -0.3 is 14.4 Å². The van der Waals surface area contributed by atoms with Crippen LogP contribution in [-0.4, -0.2) is 15.6 Å². The van der Waals surface area contributed by atoms with Crippen molar-refractivity contribution >= 4 is 33.8 Å². The minimum atomic E-state index is -0.167. The minimum Gasteiger partial charge on any atom is -0.359 e. The molecule has 0 aliphatic heterocycles. The van der Waals surface area contributed by atoms with Gasteiger partial charge in [0.2, 0.25) is 5.91 Å². The predicted molar refractivity (Wildman–Crippen MR) is 107 cm³/mol. The Morgan fingerprint density at radius 3 is 2.74 bits per heavy atom. The summed E-state index contributed by atoms with van der Waals surface area (Å²) >= 11 is 0. The second-order valence-corrected chi connectivity index (χ2v) is 6.52. The van der Waals surface area contributed by atoms with Crippen molar-refractivity contribution in [2.75, 3.05) is 0 Å². The average Bonchev–Trinajstić information content (AvgIpc) is 3.25. The number of hydrogen-bond donors (Lipinski definition) is 1. The van der Waals surface area contributed by atoms with Crippen LogP contribution in [0.1, 0.15) is 23.9 Å². The number of carbonyl (C=O) groups is 1. The number of aryl methyl sites for hydroxylation is 2. The first-order chi connectivity index (χ1) is 13.2. The number of benzene rings is 2. The predicted octanol–water partition coefficient (Wildman–Crippen LogP) is 4.44. The highest BCUT2D eigenvalue weighted by molar-refractivity contribution is 6.08. The van der Waals surface area contributed by atoms with Gasteiger partial charge in [0, 0.05) is 40.5 Å². The molecular formula is C22H21N3O2. The van der Waals surface area contributed by atoms with Crippen LogP contribution in [-0.2, 0) is 17.9 Å². The van der Waals surface area contributed by atoms with Crippen molar-refractivity contribution in [1.29, 1.82) is 0 Å². The molecule has 136 valence electrons. The first-order valence-corrected chi connectivity index (χ1v) is 9.05. The van der Waals surface area contributed by atoms with Gasteiger partial charge >= 0.3 is 0 Å². The number of carbonyl (C=O) groups excluding carboxylic acids is 1. The molecule has 0 saturated carbocycles. The molecule has 0 aliphatic rings. The van der Waals surface area contributed by atoms with Crippen LogP contribution in [0.4, 0.5) is 0 Å². The number of hydrogen-bond acceptors (Lipinski definition) is 3. The second-order valence-electron chi connectivity index (χ2n) is 6.52. The first kappa shape index (κ1) is 17.1. The number of aromatic nitrogens is 2. The van der Waals surface area contributed by atoms with E-state index in [1.54, 1.807) is 12.1 Å². The highest BCUT2D eigenvalue weighted by Crippen LogP contribution is 2.29. The lowest BCUT2D eigenvalue weighted by Gasteiger charge is -2.02. The topological polar surface area (TPSA) is 60.1 Å². The third-order valence-electron chi connectivity index (χ3n) is 4.65. The molecule has 1 amide bonds. The molecule has 0 fully saturated rings. The lowest BCUT2D eigenvalue weighted by molar-refractivity contribution is -0.116. The van der Waals surface area contributed by atoms with E-state index in [0.29, 0.717) is 12.3 Å². The summed E-state index contributed by atoms with van der Waals surface area (Å²) in [5, 5.41) is 9.04. The molecule has 1 N–H and O–H groups in total. The fraction of sp³-hybridized carbons (Fsp3) is 0.182. The van der Waals surface area contributed by atoms with E-state index in [9.17, 15) is 4.79 Å². The van der Waals surface area contributed by atoms with Gasteiger partial charge in [0.1, 0.15) is 0 Å². The van der Waals surface area contributed by atoms with Crippen molar-refractivity contribution in [2.45, 2.75) is 26.9 Å². The van der Waals surface area contributed by atoms with Crippen molar-refractivity contribution in [3.63, 3.8) is 0 Å². The lowest BCUT2D eigenvalue weighted by atomic mass is 10.1. The highest BCUT2D eigenvalue weighted by Gasteiger charge is 2.09. The van der Waals surface area contributed by atoms with Crippen molar-refractivity contribution in [1.82, 2.24) is 15.0 Å². The van der Waals surface area contributed by atoms with E-state index >= 15 is 0 Å². The number of amides is 1. The second kappa shape index (κ2) is 7.11. The van der Waals surface area contributed by atoms with Crippen LogP contribution in [0.5, 0.6) is 0 Å². The summed E-state index contributed by atoms with van der Waals surface area (Å²) in [6, 6.07) is 16.5. The Labute approximate surface area is 157 Å². The molecule has 27 heavy (non-hydrogen) atoms. The van der Waals surface area contributed by atoms with E-state index in [1.807, 2.05) is 19.1 Å². The van der Waals surface area contributed by atoms with E-state index in [-0.39, 0.29) is 5.91 Å². The maximum Gasteiger partial charge on any atom is 0.244 e. The molecule has 0 bridgehead atoms. The van der Waals surface area contributed by atoms with Crippen LogP contribution < -0.4 is 5.32 Å². The van der Waals surface area contributed by atoms with E-state index in [2.05, 4.69) is 58.4 Å². The Morgan fingerprint density at radius 1 is 1.15 bits per heavy atom. The molecule has 2 aromatic heterocycles. The van der Waals surface area contributed by atoms with E-state index in [1.165, 1.54) is 21.8 Å². The van der Waals surface area contributed by atoms with Crippen LogP contribution in [0.15, 0.2) is 59.1 Å². The van der Waals surface area contributed by atoms with Crippen molar-refractivity contribution in [3.05, 3.63) is 71.6 Å². The molecule has 4 aromatic rings. The zero-order chi connectivity index (χ0) is 18.8. The number of para-hydroxylation sites is 1. The summed E-state index contributed by atoms with van der Waals surface area (Å²) in [4.78, 5) is 12.1. The Kier molecular flexibility index (Phi) is 4.50. The average molecular weight is 359 g/mol. The fourth-order valence-corrected chi connectivity index (χ4v) is 3.42. The number of fused-ring (bicyclic) bond motifs is 3. The Balaban J connectivity index is 1.56. The molecule has 5 nitrogen and oxygen atoms in total. The Morgan fingerprint density at radius 2 is 1.96 bits per heavy atom. The summed E-state index contributed by atoms with van der Waals surface area (Å²) in [6.45, 7) is 5.25. The SMILES string of the molecule is CCn1c2ccccc2c2cc(C=CC(=O)NCc3cc(C)no3)ccc21. The van der Waals surface area contributed by atoms with Gasteiger partial charge in [-0.3, -0.25) is 4.79 Å². The van der Waals surface area contributed by atoms with Crippen LogP contribution in [0.2, 0.25) is 0 Å². The Hall–Kier alpha value is -3.34. The van der Waals surface area contributed by atoms with Gasteiger partial charge in [-0.05, 0) is 43.7 Å². The molecule has 0 unspecified atom stereocenters. The summed E-state index contributed by atoms with van der Waals surface area (Å²) in [5.74, 6) is 0.475. The molecular weight excluding hydrogens is 338 g/mol. The minimum absolute atomic E-state index is 0.167. The monoisotopic (exact) mass is 359 g/mol. The standard InChI is InChI=1S/C22H21N3O2/c1-3-25-20-7-5-4-6-18(20)19-13-16(8-10-21(19)25)9-11-22(26)23-14-17-12-15(2)24-27-17/h4-13H,3,14H2,1-2H3,(H,23,26). The largest absolute Gasteiger partial charge is 0.359 e. The van der Waals surface area contributed by atoms with Crippen LogP contribution in [0.3, 0.4) is 0 Å². The normalized spacial score (nSPS) is 11.6. The highest BCUT2D eigenvalue weighted by atomic mass is 16.5. The summed E-state index contributed by atoms with van der Waals surface area (Å²) in [7, 11) is 0. The molecule has 0 spiro atoms. The van der Waals surface area contributed by atoms with E-state index in [4.69, 9.17) is 4.52 Å². The number of nitrogens with one attached hydrogen (secondary N) is 1. The van der Waals surface area contributed by atoms with Gasteiger partial charge in [-0.2, -0.15) is 0 Å². The quantitative estimate of drug-likeness (QED) is 0.536. The van der Waals surface area contributed by atoms with Gasteiger partial charge in [0.15, 0.2) is 5.76 Å². The zero-order valence-electron chi connectivity index (χ0n) is 15.4. The molecule has 0 radical (unpaired) electrons. The van der Waals surface area contributed by atoms with Crippen LogP contribution in [0, 0.1) is 6.92 Å². The fourth-order valence-electron chi connectivity index (χ4n) is 3.42. The third kappa shape index (κ3) is 3.36. The molecule has 2 heterocycles. The molecule has 2 aromatic carbocycles. The molecule has 4 rings (SSSR count). The van der Waals surface area contributed by atoms with Crippen LogP contribution >= 0.6 is 0 Å². The van der Waals surface area contributed by atoms with Crippen molar-refractivity contribution < 1.29 is 9.32 Å². The molecule has 5 heteroatoms. The van der Waals surface area contributed by atoms with Gasteiger partial charge in [0.05, 0.1) is 12.2 Å². The summed E-state index contributed by atoms with van der Waals surface area (Å²) in [6.07, 6.45) is 3.38. The number of nitrogens with zero attached hydrogens (tertiary/aromatic N) is 2.